The van der Waals surface area contributed by atoms with Crippen LogP contribution in [-0.2, 0) is 16.1 Å². The molecule has 186 valence electrons. The number of halogens is 1. The maximum atomic E-state index is 13.9. The normalized spacial score (nSPS) is 15.2. The second-order valence-corrected chi connectivity index (χ2v) is 8.45. The molecule has 4 rings (SSSR count). The Morgan fingerprint density at radius 1 is 0.972 bits per heavy atom. The minimum atomic E-state index is -0.761. The smallest absolute Gasteiger partial charge is 0.338 e. The van der Waals surface area contributed by atoms with Gasteiger partial charge in [0, 0.05) is 5.56 Å². The lowest BCUT2D eigenvalue weighted by Gasteiger charge is -2.30. The molecule has 2 amide bonds. The van der Waals surface area contributed by atoms with Crippen LogP contribution in [0.15, 0.2) is 78.4 Å². The van der Waals surface area contributed by atoms with E-state index in [2.05, 4.69) is 10.6 Å². The van der Waals surface area contributed by atoms with E-state index in [1.54, 1.807) is 87.7 Å². The summed E-state index contributed by atoms with van der Waals surface area (Å²) in [5.41, 5.74) is 2.37. The third kappa shape index (κ3) is 5.66. The van der Waals surface area contributed by atoms with Crippen LogP contribution in [-0.4, -0.2) is 25.2 Å². The quantitative estimate of drug-likeness (QED) is 0.428. The first-order valence-corrected chi connectivity index (χ1v) is 11.5. The molecule has 1 aliphatic rings. The van der Waals surface area contributed by atoms with Crippen LogP contribution in [0, 0.1) is 5.82 Å². The van der Waals surface area contributed by atoms with Crippen molar-refractivity contribution in [2.75, 3.05) is 7.11 Å². The van der Waals surface area contributed by atoms with Crippen LogP contribution in [0.3, 0.4) is 0 Å². The van der Waals surface area contributed by atoms with Gasteiger partial charge in [0.05, 0.1) is 30.5 Å². The van der Waals surface area contributed by atoms with Gasteiger partial charge in [0.25, 0.3) is 0 Å². The topological polar surface area (TPSA) is 85.9 Å². The second-order valence-electron chi connectivity index (χ2n) is 8.45. The van der Waals surface area contributed by atoms with E-state index in [-0.39, 0.29) is 24.1 Å². The molecule has 1 atom stereocenters. The van der Waals surface area contributed by atoms with E-state index in [4.69, 9.17) is 14.2 Å². The minimum Gasteiger partial charge on any atom is -0.497 e. The highest BCUT2D eigenvalue weighted by Gasteiger charge is 2.34. The second kappa shape index (κ2) is 10.9. The zero-order valence-electron chi connectivity index (χ0n) is 20.2. The van der Waals surface area contributed by atoms with Crippen molar-refractivity contribution < 1.29 is 28.2 Å². The van der Waals surface area contributed by atoms with Gasteiger partial charge in [-0.1, -0.05) is 30.3 Å². The summed E-state index contributed by atoms with van der Waals surface area (Å²) in [5, 5.41) is 5.58. The number of carbonyl (C=O) groups excluding carboxylic acids is 2. The van der Waals surface area contributed by atoms with Gasteiger partial charge in [0.1, 0.15) is 23.9 Å². The fourth-order valence-electron chi connectivity index (χ4n) is 3.83. The zero-order chi connectivity index (χ0) is 25.7. The van der Waals surface area contributed by atoms with Crippen molar-refractivity contribution in [3.8, 4) is 11.5 Å². The molecule has 0 radical (unpaired) electrons. The zero-order valence-corrected chi connectivity index (χ0v) is 20.2. The first-order chi connectivity index (χ1) is 17.4. The molecule has 36 heavy (non-hydrogen) atoms. The summed E-state index contributed by atoms with van der Waals surface area (Å²) in [6, 6.07) is 19.1. The number of rotatable bonds is 8. The summed E-state index contributed by atoms with van der Waals surface area (Å²) >= 11 is 0. The third-order valence-corrected chi connectivity index (χ3v) is 5.58. The molecule has 8 heteroatoms. The van der Waals surface area contributed by atoms with Crippen molar-refractivity contribution in [1.82, 2.24) is 10.6 Å². The number of urea groups is 1. The van der Waals surface area contributed by atoms with Crippen LogP contribution in [0.5, 0.6) is 11.5 Å². The molecule has 0 saturated heterocycles. The fraction of sp³-hybridized carbons (Fsp3) is 0.214. The van der Waals surface area contributed by atoms with E-state index in [1.807, 2.05) is 0 Å². The number of methoxy groups -OCH3 is 1. The van der Waals surface area contributed by atoms with Gasteiger partial charge in [0.15, 0.2) is 0 Å². The Hall–Kier alpha value is -4.33. The number of ether oxygens (including phenoxy) is 3. The Bertz CT molecular complexity index is 1270. The van der Waals surface area contributed by atoms with Gasteiger partial charge in [-0.05, 0) is 67.4 Å². The highest BCUT2D eigenvalue weighted by molar-refractivity contribution is 6.04. The predicted octanol–water partition coefficient (Wildman–Crippen LogP) is 5.13. The lowest BCUT2D eigenvalue weighted by Crippen LogP contribution is -2.45. The van der Waals surface area contributed by atoms with Gasteiger partial charge < -0.3 is 24.8 Å². The molecule has 0 spiro atoms. The highest BCUT2D eigenvalue weighted by Crippen LogP contribution is 2.33. The molecular formula is C28H27FN2O5. The Morgan fingerprint density at radius 2 is 1.64 bits per heavy atom. The lowest BCUT2D eigenvalue weighted by atomic mass is 9.92. The van der Waals surface area contributed by atoms with Crippen LogP contribution < -0.4 is 20.1 Å². The molecule has 0 aliphatic carbocycles. The molecule has 0 bridgehead atoms. The Kier molecular flexibility index (Phi) is 7.53. The summed E-state index contributed by atoms with van der Waals surface area (Å²) < 4.78 is 30.3. The Balaban J connectivity index is 1.66. The van der Waals surface area contributed by atoms with Gasteiger partial charge in [-0.3, -0.25) is 0 Å². The summed E-state index contributed by atoms with van der Waals surface area (Å²) in [5.74, 6) is 0.283. The van der Waals surface area contributed by atoms with Crippen molar-refractivity contribution in [3.63, 3.8) is 0 Å². The molecular weight excluding hydrogens is 463 g/mol. The third-order valence-electron chi connectivity index (χ3n) is 5.58. The summed E-state index contributed by atoms with van der Waals surface area (Å²) in [4.78, 5) is 25.8. The van der Waals surface area contributed by atoms with E-state index in [9.17, 15) is 14.0 Å². The number of amides is 2. The maximum Gasteiger partial charge on any atom is 0.338 e. The maximum absolute atomic E-state index is 13.9. The van der Waals surface area contributed by atoms with Crippen molar-refractivity contribution in [2.45, 2.75) is 32.6 Å². The van der Waals surface area contributed by atoms with Crippen LogP contribution in [0.25, 0.3) is 5.70 Å². The van der Waals surface area contributed by atoms with E-state index in [1.165, 1.54) is 6.07 Å². The summed E-state index contributed by atoms with van der Waals surface area (Å²) in [6.07, 6.45) is -0.352. The molecule has 2 N–H and O–H groups in total. The minimum absolute atomic E-state index is 0.0730. The largest absolute Gasteiger partial charge is 0.497 e. The average Bonchev–Trinajstić information content (AvgIpc) is 2.87. The van der Waals surface area contributed by atoms with Crippen LogP contribution in [0.2, 0.25) is 0 Å². The van der Waals surface area contributed by atoms with Gasteiger partial charge in [-0.25, -0.2) is 14.0 Å². The molecule has 0 fully saturated rings. The van der Waals surface area contributed by atoms with Crippen molar-refractivity contribution in [1.29, 1.82) is 0 Å². The fourth-order valence-corrected chi connectivity index (χ4v) is 3.83. The van der Waals surface area contributed by atoms with E-state index in [0.29, 0.717) is 33.9 Å². The summed E-state index contributed by atoms with van der Waals surface area (Å²) in [6.45, 7) is 3.59. The molecule has 0 saturated carbocycles. The Morgan fingerprint density at radius 3 is 2.28 bits per heavy atom. The monoisotopic (exact) mass is 490 g/mol. The number of nitrogens with one attached hydrogen (secondary N) is 2. The first-order valence-electron chi connectivity index (χ1n) is 11.5. The van der Waals surface area contributed by atoms with E-state index >= 15 is 0 Å². The van der Waals surface area contributed by atoms with E-state index in [0.717, 1.165) is 0 Å². The van der Waals surface area contributed by atoms with Crippen molar-refractivity contribution in [3.05, 3.63) is 101 Å². The number of hydrogen-bond donors (Lipinski definition) is 2. The summed E-state index contributed by atoms with van der Waals surface area (Å²) in [7, 11) is 1.56. The molecule has 3 aromatic rings. The Labute approximate surface area is 208 Å². The number of benzene rings is 3. The van der Waals surface area contributed by atoms with Crippen molar-refractivity contribution in [2.24, 2.45) is 0 Å². The highest BCUT2D eigenvalue weighted by atomic mass is 19.1. The number of esters is 1. The molecule has 7 nitrogen and oxygen atoms in total. The van der Waals surface area contributed by atoms with E-state index < -0.39 is 18.0 Å². The van der Waals surface area contributed by atoms with Gasteiger partial charge in [-0.15, -0.1) is 0 Å². The average molecular weight is 491 g/mol. The SMILES string of the molecule is COc1ccc(C2=C(C(=O)OC(C)C)C(c3ccc(OCc4ccccc4F)cc3)NC(=O)N2)cc1. The van der Waals surface area contributed by atoms with Gasteiger partial charge >= 0.3 is 12.0 Å². The number of hydrogen-bond acceptors (Lipinski definition) is 5. The lowest BCUT2D eigenvalue weighted by molar-refractivity contribution is -0.143. The van der Waals surface area contributed by atoms with Crippen molar-refractivity contribution >= 4 is 17.7 Å². The van der Waals surface area contributed by atoms with Gasteiger partial charge in [0.2, 0.25) is 0 Å². The van der Waals surface area contributed by atoms with Crippen LogP contribution in [0.4, 0.5) is 9.18 Å². The molecule has 3 aromatic carbocycles. The molecule has 0 aromatic heterocycles. The standard InChI is InChI=1S/C28H27FN2O5/c1-17(2)36-27(32)24-25(18-8-12-21(34-3)13-9-18)30-28(33)31-26(24)19-10-14-22(15-11-19)35-16-20-6-4-5-7-23(20)29/h4-15,17,26H,16H2,1-3H3,(H2,30,31,33). The molecule has 1 aliphatic heterocycles. The first kappa shape index (κ1) is 24.8. The van der Waals surface area contributed by atoms with Crippen LogP contribution in [0.1, 0.15) is 36.6 Å². The molecule has 1 heterocycles. The number of carbonyl (C=O) groups is 2. The van der Waals surface area contributed by atoms with Crippen LogP contribution >= 0.6 is 0 Å². The predicted molar refractivity (Wildman–Crippen MR) is 133 cm³/mol. The molecule has 1 unspecified atom stereocenters. The van der Waals surface area contributed by atoms with Gasteiger partial charge in [-0.2, -0.15) is 0 Å².